The average Bonchev–Trinajstić information content (AvgIpc) is 2.61. The highest BCUT2D eigenvalue weighted by Gasteiger charge is 2.15. The first kappa shape index (κ1) is 20.3. The van der Waals surface area contributed by atoms with Gasteiger partial charge in [-0.1, -0.05) is 28.1 Å². The number of nitrogens with zero attached hydrogens (tertiary/aromatic N) is 2. The summed E-state index contributed by atoms with van der Waals surface area (Å²) >= 11 is 9.74. The maximum atomic E-state index is 11.8. The molecule has 0 aliphatic rings. The number of phenols is 1. The van der Waals surface area contributed by atoms with Crippen LogP contribution in [0.2, 0.25) is 0 Å². The number of phenolic OH excluding ortho intramolecular Hbond substituents is 1. The third-order valence-corrected chi connectivity index (χ3v) is 5.05. The van der Waals surface area contributed by atoms with Gasteiger partial charge in [-0.2, -0.15) is 5.10 Å². The van der Waals surface area contributed by atoms with Gasteiger partial charge in [-0.15, -0.1) is 0 Å². The number of nitrogens with one attached hydrogen (secondary N) is 1. The number of benzene rings is 2. The molecule has 2 rings (SSSR count). The zero-order valence-electron chi connectivity index (χ0n) is 12.8. The monoisotopic (exact) mass is 549 g/mol. The number of nitro benzene ring substituents is 1. The molecule has 0 heterocycles. The summed E-state index contributed by atoms with van der Waals surface area (Å²) in [5.74, 6) is -0.631. The molecule has 0 unspecified atom stereocenters. The van der Waals surface area contributed by atoms with E-state index in [1.54, 1.807) is 12.1 Å². The fourth-order valence-corrected chi connectivity index (χ4v) is 4.11. The van der Waals surface area contributed by atoms with E-state index in [4.69, 9.17) is 4.74 Å². The molecule has 0 spiro atoms. The SMILES string of the molecule is O=C(COc1ccccc1[N+](=O)[O-])N/N=C/c1c(Br)cc(Br)c(O)c1Br. The summed E-state index contributed by atoms with van der Waals surface area (Å²) in [4.78, 5) is 22.1. The second-order valence-electron chi connectivity index (χ2n) is 4.72. The third-order valence-electron chi connectivity index (χ3n) is 2.98. The molecule has 0 radical (unpaired) electrons. The number of hydrogen-bond acceptors (Lipinski definition) is 6. The number of aromatic hydroxyl groups is 1. The summed E-state index contributed by atoms with van der Waals surface area (Å²) in [6, 6.07) is 7.36. The number of nitro groups is 1. The fraction of sp³-hybridized carbons (Fsp3) is 0.0667. The molecule has 136 valence electrons. The van der Waals surface area contributed by atoms with Crippen LogP contribution in [0.4, 0.5) is 5.69 Å². The van der Waals surface area contributed by atoms with Crippen LogP contribution in [0.15, 0.2) is 48.9 Å². The minimum Gasteiger partial charge on any atom is -0.506 e. The average molecular weight is 552 g/mol. The molecule has 11 heteroatoms. The van der Waals surface area contributed by atoms with Crippen molar-refractivity contribution in [2.75, 3.05) is 6.61 Å². The Morgan fingerprint density at radius 2 is 2.00 bits per heavy atom. The first-order chi connectivity index (χ1) is 12.3. The Hall–Kier alpha value is -1.98. The van der Waals surface area contributed by atoms with E-state index in [9.17, 15) is 20.0 Å². The molecule has 0 saturated heterocycles. The first-order valence-electron chi connectivity index (χ1n) is 6.85. The number of hydrogen-bond donors (Lipinski definition) is 2. The van der Waals surface area contributed by atoms with Crippen molar-refractivity contribution in [3.05, 3.63) is 59.4 Å². The molecule has 1 amide bonds. The van der Waals surface area contributed by atoms with Crippen molar-refractivity contribution in [2.24, 2.45) is 5.10 Å². The standard InChI is InChI=1S/C15H10Br3N3O5/c16-9-5-10(17)15(23)14(18)8(9)6-19-20-13(22)7-26-12-4-2-1-3-11(12)21(24)25/h1-6,23H,7H2,(H,20,22)/b19-6+. The smallest absolute Gasteiger partial charge is 0.310 e. The summed E-state index contributed by atoms with van der Waals surface area (Å²) in [5.41, 5.74) is 2.51. The zero-order chi connectivity index (χ0) is 19.3. The van der Waals surface area contributed by atoms with Gasteiger partial charge in [0.1, 0.15) is 5.75 Å². The second-order valence-corrected chi connectivity index (χ2v) is 7.22. The van der Waals surface area contributed by atoms with Crippen LogP contribution < -0.4 is 10.2 Å². The summed E-state index contributed by atoms with van der Waals surface area (Å²) < 4.78 is 6.65. The van der Waals surface area contributed by atoms with Crippen molar-refractivity contribution in [2.45, 2.75) is 0 Å². The third kappa shape index (κ3) is 5.02. The van der Waals surface area contributed by atoms with Gasteiger partial charge >= 0.3 is 5.69 Å². The molecule has 2 aromatic carbocycles. The van der Waals surface area contributed by atoms with E-state index in [0.717, 1.165) is 0 Å². The van der Waals surface area contributed by atoms with Crippen LogP contribution >= 0.6 is 47.8 Å². The summed E-state index contributed by atoms with van der Waals surface area (Å²) in [5, 5.41) is 24.5. The lowest BCUT2D eigenvalue weighted by atomic mass is 10.2. The van der Waals surface area contributed by atoms with Gasteiger partial charge in [0, 0.05) is 16.1 Å². The highest BCUT2D eigenvalue weighted by molar-refractivity contribution is 9.11. The topological polar surface area (TPSA) is 114 Å². The molecule has 2 aromatic rings. The minimum absolute atomic E-state index is 0.0132. The molecule has 8 nitrogen and oxygen atoms in total. The Morgan fingerprint density at radius 1 is 1.31 bits per heavy atom. The van der Waals surface area contributed by atoms with Crippen molar-refractivity contribution in [1.82, 2.24) is 5.43 Å². The van der Waals surface area contributed by atoms with Gasteiger partial charge in [0.05, 0.1) is 20.1 Å². The molecule has 0 fully saturated rings. The number of amides is 1. The lowest BCUT2D eigenvalue weighted by molar-refractivity contribution is -0.385. The summed E-state index contributed by atoms with van der Waals surface area (Å²) in [7, 11) is 0. The Labute approximate surface area is 172 Å². The van der Waals surface area contributed by atoms with Gasteiger partial charge in [0.25, 0.3) is 5.91 Å². The van der Waals surface area contributed by atoms with Gasteiger partial charge in [0.2, 0.25) is 0 Å². The van der Waals surface area contributed by atoms with Gasteiger partial charge in [-0.3, -0.25) is 14.9 Å². The van der Waals surface area contributed by atoms with Gasteiger partial charge in [-0.25, -0.2) is 5.43 Å². The first-order valence-corrected chi connectivity index (χ1v) is 9.23. The summed E-state index contributed by atoms with van der Waals surface area (Å²) in [6.45, 7) is -0.448. The molecule has 0 aliphatic carbocycles. The molecule has 26 heavy (non-hydrogen) atoms. The molecule has 0 aliphatic heterocycles. The van der Waals surface area contributed by atoms with Crippen molar-refractivity contribution >= 4 is 65.6 Å². The fourth-order valence-electron chi connectivity index (χ4n) is 1.79. The Kier molecular flexibility index (Phi) is 7.12. The maximum Gasteiger partial charge on any atom is 0.310 e. The highest BCUT2D eigenvalue weighted by Crippen LogP contribution is 2.38. The van der Waals surface area contributed by atoms with Crippen molar-refractivity contribution in [1.29, 1.82) is 0 Å². The van der Waals surface area contributed by atoms with E-state index in [1.807, 2.05) is 0 Å². The van der Waals surface area contributed by atoms with Crippen molar-refractivity contribution in [3.63, 3.8) is 0 Å². The number of ether oxygens (including phenoxy) is 1. The van der Waals surface area contributed by atoms with E-state index in [2.05, 4.69) is 58.3 Å². The van der Waals surface area contributed by atoms with E-state index in [1.165, 1.54) is 24.4 Å². The number of halogens is 3. The lowest BCUT2D eigenvalue weighted by Crippen LogP contribution is -2.24. The number of para-hydroxylation sites is 2. The van der Waals surface area contributed by atoms with Gasteiger partial charge < -0.3 is 9.84 Å². The molecule has 0 aromatic heterocycles. The normalized spacial score (nSPS) is 10.7. The largest absolute Gasteiger partial charge is 0.506 e. The van der Waals surface area contributed by atoms with E-state index < -0.39 is 17.4 Å². The van der Waals surface area contributed by atoms with Crippen LogP contribution in [0, 0.1) is 10.1 Å². The van der Waals surface area contributed by atoms with E-state index >= 15 is 0 Å². The predicted octanol–water partition coefficient (Wildman–Crippen LogP) is 4.12. The summed E-state index contributed by atoms with van der Waals surface area (Å²) in [6.07, 6.45) is 1.32. The Balaban J connectivity index is 1.99. The van der Waals surface area contributed by atoms with Crippen molar-refractivity contribution in [3.8, 4) is 11.5 Å². The van der Waals surface area contributed by atoms with Gasteiger partial charge in [-0.05, 0) is 44.0 Å². The molecule has 0 saturated carbocycles. The van der Waals surface area contributed by atoms with Crippen LogP contribution in [0.5, 0.6) is 11.5 Å². The molecular formula is C15H10Br3N3O5. The van der Waals surface area contributed by atoms with Crippen LogP contribution in [-0.4, -0.2) is 28.8 Å². The molecule has 0 bridgehead atoms. The Bertz CT molecular complexity index is 889. The van der Waals surface area contributed by atoms with Crippen LogP contribution in [0.3, 0.4) is 0 Å². The maximum absolute atomic E-state index is 11.8. The van der Waals surface area contributed by atoms with E-state index in [-0.39, 0.29) is 17.2 Å². The number of rotatable bonds is 6. The molecule has 0 atom stereocenters. The number of carbonyl (C=O) groups is 1. The van der Waals surface area contributed by atoms with Crippen LogP contribution in [0.1, 0.15) is 5.56 Å². The van der Waals surface area contributed by atoms with Crippen molar-refractivity contribution < 1.29 is 19.6 Å². The number of hydrazone groups is 1. The van der Waals surface area contributed by atoms with Crippen LogP contribution in [0.25, 0.3) is 0 Å². The van der Waals surface area contributed by atoms with E-state index in [0.29, 0.717) is 19.0 Å². The zero-order valence-corrected chi connectivity index (χ0v) is 17.5. The lowest BCUT2D eigenvalue weighted by Gasteiger charge is -2.07. The van der Waals surface area contributed by atoms with Gasteiger partial charge in [0.15, 0.2) is 12.4 Å². The second kappa shape index (κ2) is 9.10. The highest BCUT2D eigenvalue weighted by atomic mass is 79.9. The number of carbonyl (C=O) groups excluding carboxylic acids is 1. The predicted molar refractivity (Wildman–Crippen MR) is 106 cm³/mol. The molecular weight excluding hydrogens is 542 g/mol. The quantitative estimate of drug-likeness (QED) is 0.318. The minimum atomic E-state index is -0.604. The Morgan fingerprint density at radius 3 is 2.69 bits per heavy atom. The van der Waals surface area contributed by atoms with Crippen LogP contribution in [-0.2, 0) is 4.79 Å². The molecule has 2 N–H and O–H groups in total.